The van der Waals surface area contributed by atoms with Crippen molar-refractivity contribution < 1.29 is 9.84 Å². The van der Waals surface area contributed by atoms with E-state index in [0.29, 0.717) is 12.4 Å². The molecular weight excluding hydrogens is 286 g/mol. The van der Waals surface area contributed by atoms with Crippen molar-refractivity contribution in [3.05, 3.63) is 59.2 Å². The number of fused-ring (bicyclic) bond motifs is 1. The van der Waals surface area contributed by atoms with Crippen LogP contribution in [-0.4, -0.2) is 9.67 Å². The molecule has 2 aromatic carbocycles. The zero-order valence-corrected chi connectivity index (χ0v) is 12.5. The number of aryl methyl sites for hydroxylation is 1. The van der Waals surface area contributed by atoms with Gasteiger partial charge in [0.2, 0.25) is 0 Å². The van der Waals surface area contributed by atoms with Crippen LogP contribution in [0.5, 0.6) is 11.5 Å². The molecule has 0 unspecified atom stereocenters. The number of rotatable bonds is 4. The molecular formula is C17H16ClNO2. The monoisotopic (exact) mass is 301 g/mol. The standard InChI is InChI=1S/C17H16ClNO2/c1-2-19-10-12(17-15(18)7-4-8-16(17)19)11-21-14-6-3-5-13(20)9-14/h3-10,20H,2,11H2,1H3. The largest absolute Gasteiger partial charge is 0.508 e. The van der Waals surface area contributed by atoms with Crippen molar-refractivity contribution >= 4 is 22.5 Å². The third-order valence-corrected chi connectivity index (χ3v) is 3.80. The van der Waals surface area contributed by atoms with Crippen LogP contribution in [0.4, 0.5) is 0 Å². The zero-order chi connectivity index (χ0) is 14.8. The Morgan fingerprint density at radius 2 is 2.00 bits per heavy atom. The highest BCUT2D eigenvalue weighted by molar-refractivity contribution is 6.35. The van der Waals surface area contributed by atoms with Crippen molar-refractivity contribution in [3.8, 4) is 11.5 Å². The minimum atomic E-state index is 0.196. The van der Waals surface area contributed by atoms with Crippen molar-refractivity contribution in [2.24, 2.45) is 0 Å². The quantitative estimate of drug-likeness (QED) is 0.764. The maximum Gasteiger partial charge on any atom is 0.123 e. The molecule has 0 spiro atoms. The van der Waals surface area contributed by atoms with E-state index in [1.165, 1.54) is 0 Å². The van der Waals surface area contributed by atoms with Crippen molar-refractivity contribution in [2.75, 3.05) is 0 Å². The lowest BCUT2D eigenvalue weighted by molar-refractivity contribution is 0.305. The molecule has 1 aromatic heterocycles. The normalized spacial score (nSPS) is 11.0. The van der Waals surface area contributed by atoms with Gasteiger partial charge in [-0.2, -0.15) is 0 Å². The number of halogens is 1. The summed E-state index contributed by atoms with van der Waals surface area (Å²) in [4.78, 5) is 0. The van der Waals surface area contributed by atoms with Crippen LogP contribution in [-0.2, 0) is 13.2 Å². The molecule has 1 heterocycles. The summed E-state index contributed by atoms with van der Waals surface area (Å²) in [5.41, 5.74) is 2.15. The summed E-state index contributed by atoms with van der Waals surface area (Å²) in [5.74, 6) is 0.834. The predicted molar refractivity (Wildman–Crippen MR) is 85.1 cm³/mol. The van der Waals surface area contributed by atoms with Gasteiger partial charge in [-0.1, -0.05) is 23.7 Å². The van der Waals surface area contributed by atoms with Crippen LogP contribution in [0.25, 0.3) is 10.9 Å². The topological polar surface area (TPSA) is 34.4 Å². The SMILES string of the molecule is CCn1cc(COc2cccc(O)c2)c2c(Cl)cccc21. The van der Waals surface area contributed by atoms with Crippen LogP contribution < -0.4 is 4.74 Å². The first-order valence-corrected chi connectivity index (χ1v) is 7.25. The fourth-order valence-corrected chi connectivity index (χ4v) is 2.79. The van der Waals surface area contributed by atoms with E-state index < -0.39 is 0 Å². The first-order chi connectivity index (χ1) is 10.2. The van der Waals surface area contributed by atoms with Crippen LogP contribution in [0, 0.1) is 0 Å². The molecule has 0 bridgehead atoms. The van der Waals surface area contributed by atoms with Crippen LogP contribution in [0.3, 0.4) is 0 Å². The highest BCUT2D eigenvalue weighted by Gasteiger charge is 2.11. The predicted octanol–water partition coefficient (Wildman–Crippen LogP) is 4.60. The number of phenolic OH excluding ortho intramolecular Hbond substituents is 1. The molecule has 21 heavy (non-hydrogen) atoms. The number of hydrogen-bond donors (Lipinski definition) is 1. The molecule has 0 saturated heterocycles. The van der Waals surface area contributed by atoms with Gasteiger partial charge in [-0.05, 0) is 31.2 Å². The molecule has 0 aliphatic carbocycles. The lowest BCUT2D eigenvalue weighted by Crippen LogP contribution is -1.95. The third kappa shape index (κ3) is 2.69. The van der Waals surface area contributed by atoms with E-state index in [2.05, 4.69) is 23.8 Å². The maximum atomic E-state index is 9.46. The van der Waals surface area contributed by atoms with E-state index in [1.807, 2.05) is 18.2 Å². The molecule has 3 nitrogen and oxygen atoms in total. The van der Waals surface area contributed by atoms with E-state index in [-0.39, 0.29) is 5.75 Å². The molecule has 0 atom stereocenters. The summed E-state index contributed by atoms with van der Waals surface area (Å²) in [7, 11) is 0. The van der Waals surface area contributed by atoms with Gasteiger partial charge in [0.15, 0.2) is 0 Å². The lowest BCUT2D eigenvalue weighted by atomic mass is 10.2. The lowest BCUT2D eigenvalue weighted by Gasteiger charge is -2.06. The Morgan fingerprint density at radius 1 is 1.19 bits per heavy atom. The molecule has 1 N–H and O–H groups in total. The van der Waals surface area contributed by atoms with Crippen LogP contribution >= 0.6 is 11.6 Å². The van der Waals surface area contributed by atoms with Crippen molar-refractivity contribution in [3.63, 3.8) is 0 Å². The van der Waals surface area contributed by atoms with Crippen LogP contribution in [0.1, 0.15) is 12.5 Å². The van der Waals surface area contributed by atoms with E-state index in [4.69, 9.17) is 16.3 Å². The number of aromatic hydroxyl groups is 1. The second-order valence-electron chi connectivity index (χ2n) is 4.86. The van der Waals surface area contributed by atoms with Gasteiger partial charge in [0.25, 0.3) is 0 Å². The smallest absolute Gasteiger partial charge is 0.123 e. The number of phenols is 1. The van der Waals surface area contributed by atoms with Gasteiger partial charge < -0.3 is 14.4 Å². The van der Waals surface area contributed by atoms with Crippen molar-refractivity contribution in [2.45, 2.75) is 20.1 Å². The molecule has 0 fully saturated rings. The van der Waals surface area contributed by atoms with Crippen LogP contribution in [0.2, 0.25) is 5.02 Å². The molecule has 0 aliphatic heterocycles. The van der Waals surface area contributed by atoms with Gasteiger partial charge in [-0.3, -0.25) is 0 Å². The number of benzene rings is 2. The average Bonchev–Trinajstić information content (AvgIpc) is 2.85. The number of hydrogen-bond acceptors (Lipinski definition) is 2. The van der Waals surface area contributed by atoms with E-state index >= 15 is 0 Å². The fourth-order valence-electron chi connectivity index (χ4n) is 2.50. The fraction of sp³-hybridized carbons (Fsp3) is 0.176. The molecule has 0 amide bonds. The highest BCUT2D eigenvalue weighted by atomic mass is 35.5. The minimum absolute atomic E-state index is 0.196. The number of aromatic nitrogens is 1. The number of nitrogens with zero attached hydrogens (tertiary/aromatic N) is 1. The van der Waals surface area contributed by atoms with Gasteiger partial charge in [0.1, 0.15) is 18.1 Å². The molecule has 0 aliphatic rings. The molecule has 3 rings (SSSR count). The second kappa shape index (κ2) is 5.70. The van der Waals surface area contributed by atoms with Gasteiger partial charge in [-0.25, -0.2) is 0 Å². The van der Waals surface area contributed by atoms with Gasteiger partial charge in [0.05, 0.1) is 5.02 Å². The molecule has 0 radical (unpaired) electrons. The molecule has 108 valence electrons. The Kier molecular flexibility index (Phi) is 3.76. The van der Waals surface area contributed by atoms with E-state index in [9.17, 15) is 5.11 Å². The molecule has 0 saturated carbocycles. The van der Waals surface area contributed by atoms with E-state index in [0.717, 1.165) is 28.0 Å². The Balaban J connectivity index is 1.94. The average molecular weight is 302 g/mol. The third-order valence-electron chi connectivity index (χ3n) is 3.49. The first-order valence-electron chi connectivity index (χ1n) is 6.87. The van der Waals surface area contributed by atoms with E-state index in [1.54, 1.807) is 18.2 Å². The minimum Gasteiger partial charge on any atom is -0.508 e. The van der Waals surface area contributed by atoms with Crippen LogP contribution in [0.15, 0.2) is 48.7 Å². The Bertz CT molecular complexity index is 780. The Hall–Kier alpha value is -2.13. The highest BCUT2D eigenvalue weighted by Crippen LogP contribution is 2.30. The van der Waals surface area contributed by atoms with Gasteiger partial charge in [0, 0.05) is 35.3 Å². The summed E-state index contributed by atoms with van der Waals surface area (Å²) in [6, 6.07) is 12.7. The summed E-state index contributed by atoms with van der Waals surface area (Å²) in [6.45, 7) is 3.39. The molecule has 3 aromatic rings. The number of ether oxygens (including phenoxy) is 1. The van der Waals surface area contributed by atoms with Gasteiger partial charge in [-0.15, -0.1) is 0 Å². The Morgan fingerprint density at radius 3 is 2.76 bits per heavy atom. The zero-order valence-electron chi connectivity index (χ0n) is 11.7. The summed E-state index contributed by atoms with van der Waals surface area (Å²) in [5, 5.41) is 11.2. The first kappa shape index (κ1) is 13.8. The summed E-state index contributed by atoms with van der Waals surface area (Å²) in [6.07, 6.45) is 2.07. The summed E-state index contributed by atoms with van der Waals surface area (Å²) < 4.78 is 7.92. The maximum absolute atomic E-state index is 9.46. The summed E-state index contributed by atoms with van der Waals surface area (Å²) >= 11 is 6.33. The second-order valence-corrected chi connectivity index (χ2v) is 5.27. The van der Waals surface area contributed by atoms with Crippen molar-refractivity contribution in [1.82, 2.24) is 4.57 Å². The van der Waals surface area contributed by atoms with Crippen molar-refractivity contribution in [1.29, 1.82) is 0 Å². The van der Waals surface area contributed by atoms with Gasteiger partial charge >= 0.3 is 0 Å². The Labute approximate surface area is 128 Å². The molecule has 4 heteroatoms.